The molecule has 0 fully saturated rings. The lowest BCUT2D eigenvalue weighted by Crippen LogP contribution is -2.15. The van der Waals surface area contributed by atoms with E-state index in [1.807, 2.05) is 0 Å². The van der Waals surface area contributed by atoms with E-state index in [9.17, 15) is 26.7 Å². The van der Waals surface area contributed by atoms with Gasteiger partial charge in [-0.15, -0.1) is 0 Å². The highest BCUT2D eigenvalue weighted by Gasteiger charge is 2.32. The van der Waals surface area contributed by atoms with Gasteiger partial charge in [-0.1, -0.05) is 11.6 Å². The van der Waals surface area contributed by atoms with Crippen molar-refractivity contribution in [2.75, 3.05) is 0 Å². The molecule has 2 heterocycles. The molecule has 0 aliphatic carbocycles. The van der Waals surface area contributed by atoms with Crippen molar-refractivity contribution in [2.24, 2.45) is 0 Å². The highest BCUT2D eigenvalue weighted by Crippen LogP contribution is 2.32. The van der Waals surface area contributed by atoms with Gasteiger partial charge >= 0.3 is 11.9 Å². The smallest absolute Gasteiger partial charge is 0.425 e. The van der Waals surface area contributed by atoms with Crippen LogP contribution in [0.3, 0.4) is 0 Å². The standard InChI is InChI=1S/C13H6ClF3N2O4S/c14-8-3-6(13(15,16)17)5-18-11(8)19-9-2-1-7(24(21)22)4-10(9)23-12(19)20/h1-5H,(H,21,22)/p-1. The van der Waals surface area contributed by atoms with E-state index in [1.165, 1.54) is 12.1 Å². The molecule has 126 valence electrons. The minimum absolute atomic E-state index is 0.0699. The largest absolute Gasteiger partial charge is 0.768 e. The number of oxazole rings is 1. The summed E-state index contributed by atoms with van der Waals surface area (Å²) in [5.41, 5.74) is -1.02. The second-order valence-electron chi connectivity index (χ2n) is 4.59. The molecule has 0 amide bonds. The molecule has 0 spiro atoms. The first-order valence-corrected chi connectivity index (χ1v) is 7.62. The van der Waals surface area contributed by atoms with Gasteiger partial charge in [-0.25, -0.2) is 14.3 Å². The first-order valence-electron chi connectivity index (χ1n) is 6.16. The Kier molecular flexibility index (Phi) is 3.98. The molecule has 0 N–H and O–H groups in total. The van der Waals surface area contributed by atoms with Gasteiger partial charge < -0.3 is 8.97 Å². The van der Waals surface area contributed by atoms with E-state index in [1.54, 1.807) is 0 Å². The van der Waals surface area contributed by atoms with Crippen LogP contribution in [0.15, 0.2) is 44.6 Å². The normalized spacial score (nSPS) is 13.4. The van der Waals surface area contributed by atoms with Crippen LogP contribution in [0.5, 0.6) is 0 Å². The molecule has 1 aromatic carbocycles. The van der Waals surface area contributed by atoms with E-state index in [4.69, 9.17) is 16.0 Å². The number of nitrogens with zero attached hydrogens (tertiary/aromatic N) is 2. The minimum Gasteiger partial charge on any atom is -0.768 e. The van der Waals surface area contributed by atoms with Crippen molar-refractivity contribution in [1.82, 2.24) is 9.55 Å². The maximum absolute atomic E-state index is 12.7. The van der Waals surface area contributed by atoms with Crippen LogP contribution in [-0.2, 0) is 17.3 Å². The molecule has 1 unspecified atom stereocenters. The molecular weight excluding hydrogens is 373 g/mol. The van der Waals surface area contributed by atoms with Crippen molar-refractivity contribution < 1.29 is 26.4 Å². The highest BCUT2D eigenvalue weighted by atomic mass is 35.5. The summed E-state index contributed by atoms with van der Waals surface area (Å²) in [6.45, 7) is 0. The zero-order chi connectivity index (χ0) is 17.6. The number of benzene rings is 1. The summed E-state index contributed by atoms with van der Waals surface area (Å²) in [7, 11) is 0. The van der Waals surface area contributed by atoms with Crippen molar-refractivity contribution in [3.63, 3.8) is 0 Å². The van der Waals surface area contributed by atoms with E-state index in [-0.39, 0.29) is 21.8 Å². The second kappa shape index (κ2) is 5.72. The molecule has 0 aliphatic rings. The Morgan fingerprint density at radius 3 is 2.58 bits per heavy atom. The quantitative estimate of drug-likeness (QED) is 0.641. The fourth-order valence-electron chi connectivity index (χ4n) is 2.05. The molecule has 0 aliphatic heterocycles. The van der Waals surface area contributed by atoms with Gasteiger partial charge in [-0.2, -0.15) is 13.2 Å². The van der Waals surface area contributed by atoms with Crippen LogP contribution in [0.4, 0.5) is 13.2 Å². The van der Waals surface area contributed by atoms with Gasteiger partial charge in [-0.05, 0) is 35.3 Å². The molecule has 0 saturated heterocycles. The van der Waals surface area contributed by atoms with Crippen molar-refractivity contribution in [3.8, 4) is 5.82 Å². The Morgan fingerprint density at radius 1 is 1.29 bits per heavy atom. The maximum Gasteiger partial charge on any atom is 0.425 e. The number of hydrogen-bond donors (Lipinski definition) is 0. The molecular formula is C13H5ClF3N2O4S-. The fourth-order valence-corrected chi connectivity index (χ4v) is 2.69. The minimum atomic E-state index is -4.63. The molecule has 11 heteroatoms. The third kappa shape index (κ3) is 2.83. The molecule has 3 rings (SSSR count). The summed E-state index contributed by atoms with van der Waals surface area (Å²) in [4.78, 5) is 15.4. The van der Waals surface area contributed by atoms with Crippen LogP contribution in [-0.4, -0.2) is 18.3 Å². The number of halogens is 4. The number of fused-ring (bicyclic) bond motifs is 1. The molecule has 6 nitrogen and oxygen atoms in total. The summed E-state index contributed by atoms with van der Waals surface area (Å²) in [5, 5.41) is -0.411. The summed E-state index contributed by atoms with van der Waals surface area (Å²) in [5.74, 6) is -1.22. The topological polar surface area (TPSA) is 88.2 Å². The van der Waals surface area contributed by atoms with Crippen LogP contribution in [0.1, 0.15) is 5.56 Å². The van der Waals surface area contributed by atoms with Crippen molar-refractivity contribution in [1.29, 1.82) is 0 Å². The Labute approximate surface area is 138 Å². The highest BCUT2D eigenvalue weighted by molar-refractivity contribution is 7.79. The van der Waals surface area contributed by atoms with Gasteiger partial charge in [0.15, 0.2) is 11.4 Å². The first-order chi connectivity index (χ1) is 11.2. The van der Waals surface area contributed by atoms with Crippen molar-refractivity contribution in [2.45, 2.75) is 11.1 Å². The SMILES string of the molecule is O=c1oc2cc(S(=O)[O-])ccc2n1-c1ncc(C(F)(F)F)cc1Cl. The fraction of sp³-hybridized carbons (Fsp3) is 0.0769. The zero-order valence-corrected chi connectivity index (χ0v) is 12.9. The van der Waals surface area contributed by atoms with E-state index in [0.29, 0.717) is 12.3 Å². The number of rotatable bonds is 2. The predicted octanol–water partition coefficient (Wildman–Crippen LogP) is 2.89. The van der Waals surface area contributed by atoms with E-state index < -0.39 is 33.6 Å². The molecule has 24 heavy (non-hydrogen) atoms. The third-order valence-electron chi connectivity index (χ3n) is 3.11. The monoisotopic (exact) mass is 377 g/mol. The van der Waals surface area contributed by atoms with Crippen LogP contribution >= 0.6 is 11.6 Å². The Balaban J connectivity index is 2.22. The van der Waals surface area contributed by atoms with Crippen LogP contribution in [0.25, 0.3) is 16.9 Å². The lowest BCUT2D eigenvalue weighted by molar-refractivity contribution is -0.137. The Hall–Kier alpha value is -2.17. The van der Waals surface area contributed by atoms with Gasteiger partial charge in [0.25, 0.3) is 0 Å². The Bertz CT molecular complexity index is 1030. The predicted molar refractivity (Wildman–Crippen MR) is 76.8 cm³/mol. The molecule has 0 saturated carbocycles. The van der Waals surface area contributed by atoms with Gasteiger partial charge in [0.05, 0.1) is 16.1 Å². The maximum atomic E-state index is 12.7. The molecule has 1 atom stereocenters. The van der Waals surface area contributed by atoms with Crippen LogP contribution in [0.2, 0.25) is 5.02 Å². The number of aromatic nitrogens is 2. The van der Waals surface area contributed by atoms with Crippen molar-refractivity contribution in [3.05, 3.63) is 51.6 Å². The summed E-state index contributed by atoms with van der Waals surface area (Å²) < 4.78 is 65.6. The van der Waals surface area contributed by atoms with Gasteiger partial charge in [0, 0.05) is 11.1 Å². The zero-order valence-electron chi connectivity index (χ0n) is 11.3. The Morgan fingerprint density at radius 2 is 2.00 bits per heavy atom. The lowest BCUT2D eigenvalue weighted by Gasteiger charge is -2.09. The summed E-state index contributed by atoms with van der Waals surface area (Å²) in [6, 6.07) is 4.21. The van der Waals surface area contributed by atoms with Gasteiger partial charge in [-0.3, -0.25) is 4.21 Å². The average Bonchev–Trinajstić information content (AvgIpc) is 2.81. The van der Waals surface area contributed by atoms with Crippen molar-refractivity contribution >= 4 is 33.8 Å². The van der Waals surface area contributed by atoms with E-state index in [2.05, 4.69) is 4.98 Å². The molecule has 0 bridgehead atoms. The number of pyridine rings is 1. The molecule has 3 aromatic rings. The third-order valence-corrected chi connectivity index (χ3v) is 4.02. The number of hydrogen-bond acceptors (Lipinski definition) is 5. The summed E-state index contributed by atoms with van der Waals surface area (Å²) in [6.07, 6.45) is -4.10. The molecule has 0 radical (unpaired) electrons. The average molecular weight is 378 g/mol. The molecule has 2 aromatic heterocycles. The van der Waals surface area contributed by atoms with Crippen LogP contribution < -0.4 is 5.76 Å². The van der Waals surface area contributed by atoms with E-state index >= 15 is 0 Å². The number of alkyl halides is 3. The van der Waals surface area contributed by atoms with E-state index in [0.717, 1.165) is 10.6 Å². The first kappa shape index (κ1) is 16.7. The lowest BCUT2D eigenvalue weighted by atomic mass is 10.2. The van der Waals surface area contributed by atoms with Crippen LogP contribution in [0, 0.1) is 0 Å². The summed E-state index contributed by atoms with van der Waals surface area (Å²) >= 11 is 3.29. The van der Waals surface area contributed by atoms with Gasteiger partial charge in [0.2, 0.25) is 0 Å². The van der Waals surface area contributed by atoms with Gasteiger partial charge in [0.1, 0.15) is 0 Å². The second-order valence-corrected chi connectivity index (χ2v) is 5.94.